The number of nitrogens with zero attached hydrogens (tertiary/aromatic N) is 1. The number of ether oxygens (including phenoxy) is 2. The summed E-state index contributed by atoms with van der Waals surface area (Å²) in [4.78, 5) is 26.1. The topological polar surface area (TPSA) is 55.8 Å². The smallest absolute Gasteiger partial charge is 0.325 e. The highest BCUT2D eigenvalue weighted by molar-refractivity contribution is 5.85. The van der Waals surface area contributed by atoms with Crippen molar-refractivity contribution in [2.45, 2.75) is 39.3 Å². The Bertz CT molecular complexity index is 741. The Morgan fingerprint density at radius 3 is 2.15 bits per heavy atom. The van der Waals surface area contributed by atoms with Crippen molar-refractivity contribution in [1.29, 1.82) is 0 Å². The molecular weight excluding hydrogens is 342 g/mol. The lowest BCUT2D eigenvalue weighted by Gasteiger charge is -2.25. The minimum Gasteiger partial charge on any atom is -0.481 e. The van der Waals surface area contributed by atoms with Crippen LogP contribution in [0.3, 0.4) is 0 Å². The average molecular weight is 369 g/mol. The van der Waals surface area contributed by atoms with Gasteiger partial charge in [0.15, 0.2) is 6.10 Å². The van der Waals surface area contributed by atoms with Gasteiger partial charge in [-0.2, -0.15) is 0 Å². The summed E-state index contributed by atoms with van der Waals surface area (Å²) in [5.74, 6) is 0.322. The Labute approximate surface area is 160 Å². The lowest BCUT2D eigenvalue weighted by Crippen LogP contribution is -2.43. The molecule has 1 amide bonds. The minimum atomic E-state index is -0.719. The quantitative estimate of drug-likeness (QED) is 0.665. The maximum absolute atomic E-state index is 12.9. The molecule has 0 saturated heterocycles. The number of hydrogen-bond acceptors (Lipinski definition) is 4. The number of carbonyl (C=O) groups is 2. The van der Waals surface area contributed by atoms with Crippen LogP contribution in [-0.2, 0) is 20.9 Å². The number of carbonyl (C=O) groups excluding carboxylic acids is 2. The molecule has 0 saturated carbocycles. The summed E-state index contributed by atoms with van der Waals surface area (Å²) in [5.41, 5.74) is 2.14. The monoisotopic (exact) mass is 369 g/mol. The van der Waals surface area contributed by atoms with E-state index in [1.54, 1.807) is 6.92 Å². The minimum absolute atomic E-state index is 0.121. The Morgan fingerprint density at radius 1 is 0.963 bits per heavy atom. The first kappa shape index (κ1) is 20.5. The van der Waals surface area contributed by atoms with E-state index in [2.05, 4.69) is 13.8 Å². The van der Waals surface area contributed by atoms with E-state index in [1.807, 2.05) is 54.6 Å². The first-order valence-corrected chi connectivity index (χ1v) is 9.07. The standard InChI is InChI=1S/C22H27NO4/c1-16(2)19-10-12-20(13-11-19)27-17(3)22(25)23(15-21(24)26-4)14-18-8-6-5-7-9-18/h5-13,16-17H,14-15H2,1-4H3. The van der Waals surface area contributed by atoms with Crippen molar-refractivity contribution in [3.63, 3.8) is 0 Å². The number of methoxy groups -OCH3 is 1. The SMILES string of the molecule is COC(=O)CN(Cc1ccccc1)C(=O)C(C)Oc1ccc(C(C)C)cc1. The van der Waals surface area contributed by atoms with E-state index in [4.69, 9.17) is 9.47 Å². The summed E-state index contributed by atoms with van der Waals surface area (Å²) in [6, 6.07) is 17.2. The second-order valence-corrected chi connectivity index (χ2v) is 6.74. The summed E-state index contributed by atoms with van der Waals surface area (Å²) < 4.78 is 10.5. The summed E-state index contributed by atoms with van der Waals surface area (Å²) in [5, 5.41) is 0. The molecule has 0 aromatic heterocycles. The molecule has 0 bridgehead atoms. The van der Waals surface area contributed by atoms with Crippen LogP contribution in [0.1, 0.15) is 37.8 Å². The molecule has 5 heteroatoms. The van der Waals surface area contributed by atoms with E-state index in [9.17, 15) is 9.59 Å². The Balaban J connectivity index is 2.08. The molecule has 2 aromatic carbocycles. The Kier molecular flexibility index (Phi) is 7.41. The van der Waals surface area contributed by atoms with Crippen molar-refractivity contribution in [3.05, 3.63) is 65.7 Å². The summed E-state index contributed by atoms with van der Waals surface area (Å²) in [6.07, 6.45) is -0.719. The van der Waals surface area contributed by atoms with Gasteiger partial charge in [0.2, 0.25) is 0 Å². The van der Waals surface area contributed by atoms with Gasteiger partial charge in [0, 0.05) is 6.54 Å². The van der Waals surface area contributed by atoms with Gasteiger partial charge in [-0.3, -0.25) is 9.59 Å². The zero-order chi connectivity index (χ0) is 19.8. The van der Waals surface area contributed by atoms with Crippen LogP contribution in [-0.4, -0.2) is 36.5 Å². The zero-order valence-corrected chi connectivity index (χ0v) is 16.3. The van der Waals surface area contributed by atoms with E-state index < -0.39 is 12.1 Å². The van der Waals surface area contributed by atoms with Crippen LogP contribution in [0.4, 0.5) is 0 Å². The van der Waals surface area contributed by atoms with Gasteiger partial charge in [-0.1, -0.05) is 56.3 Å². The van der Waals surface area contributed by atoms with Gasteiger partial charge in [0.05, 0.1) is 7.11 Å². The lowest BCUT2D eigenvalue weighted by molar-refractivity contribution is -0.150. The normalized spacial score (nSPS) is 11.7. The molecule has 0 aliphatic carbocycles. The van der Waals surface area contributed by atoms with Crippen LogP contribution in [0.15, 0.2) is 54.6 Å². The summed E-state index contributed by atoms with van der Waals surface area (Å²) >= 11 is 0. The van der Waals surface area contributed by atoms with Crippen molar-refractivity contribution in [2.75, 3.05) is 13.7 Å². The third-order valence-corrected chi connectivity index (χ3v) is 4.28. The summed E-state index contributed by atoms with van der Waals surface area (Å²) in [6.45, 7) is 6.12. The molecule has 0 aliphatic rings. The van der Waals surface area contributed by atoms with Crippen molar-refractivity contribution in [2.24, 2.45) is 0 Å². The van der Waals surface area contributed by atoms with Crippen molar-refractivity contribution < 1.29 is 19.1 Å². The third kappa shape index (κ3) is 6.13. The predicted octanol–water partition coefficient (Wildman–Crippen LogP) is 3.78. The van der Waals surface area contributed by atoms with Gasteiger partial charge in [0.1, 0.15) is 12.3 Å². The maximum atomic E-state index is 12.9. The second kappa shape index (κ2) is 9.76. The molecule has 5 nitrogen and oxygen atoms in total. The number of rotatable bonds is 8. The maximum Gasteiger partial charge on any atom is 0.325 e. The molecule has 0 radical (unpaired) electrons. The largest absolute Gasteiger partial charge is 0.481 e. The highest BCUT2D eigenvalue weighted by Crippen LogP contribution is 2.20. The Hall–Kier alpha value is -2.82. The molecule has 0 fully saturated rings. The van der Waals surface area contributed by atoms with Crippen molar-refractivity contribution >= 4 is 11.9 Å². The van der Waals surface area contributed by atoms with Gasteiger partial charge >= 0.3 is 5.97 Å². The van der Waals surface area contributed by atoms with Gasteiger partial charge in [0.25, 0.3) is 5.91 Å². The fraction of sp³-hybridized carbons (Fsp3) is 0.364. The fourth-order valence-corrected chi connectivity index (χ4v) is 2.68. The van der Waals surface area contributed by atoms with Crippen LogP contribution >= 0.6 is 0 Å². The van der Waals surface area contributed by atoms with E-state index >= 15 is 0 Å². The lowest BCUT2D eigenvalue weighted by atomic mass is 10.0. The van der Waals surface area contributed by atoms with Crippen LogP contribution in [0.25, 0.3) is 0 Å². The third-order valence-electron chi connectivity index (χ3n) is 4.28. The molecule has 1 atom stereocenters. The van der Waals surface area contributed by atoms with Crippen molar-refractivity contribution in [3.8, 4) is 5.75 Å². The van der Waals surface area contributed by atoms with Crippen LogP contribution in [0.5, 0.6) is 5.75 Å². The van der Waals surface area contributed by atoms with E-state index in [-0.39, 0.29) is 12.5 Å². The molecule has 0 spiro atoms. The summed E-state index contributed by atoms with van der Waals surface area (Å²) in [7, 11) is 1.31. The number of esters is 1. The molecule has 0 N–H and O–H groups in total. The van der Waals surface area contributed by atoms with E-state index in [0.29, 0.717) is 18.2 Å². The molecule has 2 aromatic rings. The van der Waals surface area contributed by atoms with Gasteiger partial charge < -0.3 is 14.4 Å². The molecule has 0 heterocycles. The highest BCUT2D eigenvalue weighted by Gasteiger charge is 2.24. The first-order valence-electron chi connectivity index (χ1n) is 9.07. The van der Waals surface area contributed by atoms with E-state index in [1.165, 1.54) is 17.6 Å². The first-order chi connectivity index (χ1) is 12.9. The zero-order valence-electron chi connectivity index (χ0n) is 16.3. The van der Waals surface area contributed by atoms with Gasteiger partial charge in [-0.05, 0) is 36.1 Å². The van der Waals surface area contributed by atoms with Gasteiger partial charge in [-0.25, -0.2) is 0 Å². The molecule has 2 rings (SSSR count). The highest BCUT2D eigenvalue weighted by atomic mass is 16.5. The fourth-order valence-electron chi connectivity index (χ4n) is 2.68. The van der Waals surface area contributed by atoms with Crippen molar-refractivity contribution in [1.82, 2.24) is 4.90 Å². The van der Waals surface area contributed by atoms with Crippen LogP contribution in [0, 0.1) is 0 Å². The number of benzene rings is 2. The molecule has 1 unspecified atom stereocenters. The molecule has 27 heavy (non-hydrogen) atoms. The van der Waals surface area contributed by atoms with Gasteiger partial charge in [-0.15, -0.1) is 0 Å². The number of hydrogen-bond donors (Lipinski definition) is 0. The van der Waals surface area contributed by atoms with Crippen LogP contribution in [0.2, 0.25) is 0 Å². The Morgan fingerprint density at radius 2 is 1.59 bits per heavy atom. The molecule has 144 valence electrons. The van der Waals surface area contributed by atoms with E-state index in [0.717, 1.165) is 5.56 Å². The predicted molar refractivity (Wildman–Crippen MR) is 104 cm³/mol. The second-order valence-electron chi connectivity index (χ2n) is 6.74. The molecular formula is C22H27NO4. The number of amides is 1. The average Bonchev–Trinajstić information content (AvgIpc) is 2.67. The van der Waals surface area contributed by atoms with Crippen LogP contribution < -0.4 is 4.74 Å². The molecule has 0 aliphatic heterocycles.